The molecule has 3 rings (SSSR count). The van der Waals surface area contributed by atoms with E-state index >= 15 is 0 Å². The Labute approximate surface area is 498 Å². The van der Waals surface area contributed by atoms with Gasteiger partial charge >= 0.3 is 11.9 Å². The molecule has 3 N–H and O–H groups in total. The van der Waals surface area contributed by atoms with E-state index in [0.29, 0.717) is 41.3 Å². The number of amides is 3. The summed E-state index contributed by atoms with van der Waals surface area (Å²) in [5, 5.41) is 22.6. The first-order valence-corrected chi connectivity index (χ1v) is 31.4. The fourth-order valence-corrected chi connectivity index (χ4v) is 11.4. The van der Waals surface area contributed by atoms with E-state index < -0.39 is 70.8 Å². The third-order valence-corrected chi connectivity index (χ3v) is 17.5. The lowest BCUT2D eigenvalue weighted by molar-refractivity contribution is -0.160. The van der Waals surface area contributed by atoms with Crippen molar-refractivity contribution in [1.29, 1.82) is 0 Å². The van der Waals surface area contributed by atoms with Gasteiger partial charge in [0.05, 0.1) is 30.2 Å². The number of Topliss-reactive ketones (excluding diaryl/α,β-unsaturated/α-hetero) is 2. The number of anilines is 1. The van der Waals surface area contributed by atoms with Crippen LogP contribution in [-0.4, -0.2) is 135 Å². The van der Waals surface area contributed by atoms with Gasteiger partial charge in [-0.3, -0.25) is 48.1 Å². The van der Waals surface area contributed by atoms with Crippen molar-refractivity contribution in [2.75, 3.05) is 44.8 Å². The Kier molecular flexibility index (Phi) is 29.9. The number of allylic oxidation sites excluding steroid dienone is 2. The highest BCUT2D eigenvalue weighted by Gasteiger charge is 2.39. The molecule has 6 atom stereocenters. The Morgan fingerprint density at radius 3 is 2.09 bits per heavy atom. The molecule has 1 unspecified atom stereocenters. The van der Waals surface area contributed by atoms with Gasteiger partial charge in [0.1, 0.15) is 27.8 Å². The number of ketones is 4. The van der Waals surface area contributed by atoms with Crippen molar-refractivity contribution in [2.45, 2.75) is 183 Å². The van der Waals surface area contributed by atoms with E-state index in [9.17, 15) is 48.3 Å². The van der Waals surface area contributed by atoms with E-state index in [-0.39, 0.29) is 123 Å². The molecule has 0 radical (unpaired) electrons. The van der Waals surface area contributed by atoms with E-state index in [1.807, 2.05) is 60.5 Å². The molecule has 2 heterocycles. The van der Waals surface area contributed by atoms with Crippen LogP contribution in [-0.2, 0) is 59.0 Å². The summed E-state index contributed by atoms with van der Waals surface area (Å²) in [5.41, 5.74) is -0.791. The molecule has 3 amide bonds. The first kappa shape index (κ1) is 71.0. The predicted molar refractivity (Wildman–Crippen MR) is 324 cm³/mol. The average molecular weight is 1200 g/mol. The van der Waals surface area contributed by atoms with Crippen LogP contribution < -0.4 is 10.6 Å². The highest BCUT2D eigenvalue weighted by molar-refractivity contribution is 8.18. The number of likely N-dealkylation sites (N-methyl/N-ethyl adjacent to an activating group) is 1. The lowest BCUT2D eigenvalue weighted by Gasteiger charge is -2.38. The van der Waals surface area contributed by atoms with E-state index in [4.69, 9.17) is 14.2 Å². The highest BCUT2D eigenvalue weighted by atomic mass is 32.2. The molecule has 0 fully saturated rings. The van der Waals surface area contributed by atoms with Crippen molar-refractivity contribution in [3.8, 4) is 5.75 Å². The monoisotopic (exact) mass is 1200 g/mol. The Morgan fingerprint density at radius 2 is 1.51 bits per heavy atom. The first-order valence-electron chi connectivity index (χ1n) is 28.4. The number of thiazole rings is 1. The molecule has 0 saturated heterocycles. The van der Waals surface area contributed by atoms with Gasteiger partial charge in [-0.1, -0.05) is 47.1 Å². The molecule has 0 aliphatic carbocycles. The minimum Gasteiger partial charge on any atom is -0.506 e. The number of nitrogens with one attached hydrogen (secondary N) is 2. The maximum atomic E-state index is 14.4. The topological polar surface area (TPSA) is 245 Å². The third-order valence-electron chi connectivity index (χ3n) is 14.8. The van der Waals surface area contributed by atoms with Gasteiger partial charge in [-0.2, -0.15) is 0 Å². The summed E-state index contributed by atoms with van der Waals surface area (Å²) < 4.78 is 17.2. The van der Waals surface area contributed by atoms with Gasteiger partial charge in [0, 0.05) is 87.1 Å². The molecule has 18 nitrogen and oxygen atoms in total. The number of phenols is 1. The number of phenolic OH excluding ortho intramolecular Hbond substituents is 1. The van der Waals surface area contributed by atoms with Crippen molar-refractivity contribution >= 4 is 93.3 Å². The minimum absolute atomic E-state index is 0.0331. The molecular formula is C61H91N5O13S3. The maximum Gasteiger partial charge on any atom is 0.309 e. The van der Waals surface area contributed by atoms with Crippen molar-refractivity contribution in [3.63, 3.8) is 0 Å². The first-order chi connectivity index (χ1) is 38.4. The van der Waals surface area contributed by atoms with Gasteiger partial charge in [-0.05, 0) is 133 Å². The number of aromatic hydroxyl groups is 1. The van der Waals surface area contributed by atoms with Gasteiger partial charge in [0.25, 0.3) is 5.91 Å². The summed E-state index contributed by atoms with van der Waals surface area (Å²) in [6.07, 6.45) is 4.99. The number of carbonyl (C=O) groups is 9. The molecule has 1 aromatic heterocycles. The molecule has 21 heteroatoms. The summed E-state index contributed by atoms with van der Waals surface area (Å²) >= 11 is 4.05. The van der Waals surface area contributed by atoms with Crippen LogP contribution >= 0.6 is 34.9 Å². The summed E-state index contributed by atoms with van der Waals surface area (Å²) in [7, 11) is 5.38. The van der Waals surface area contributed by atoms with Crippen LogP contribution in [0.25, 0.3) is 0 Å². The summed E-state index contributed by atoms with van der Waals surface area (Å²) in [4.78, 5) is 127. The number of rotatable bonds is 29. The van der Waals surface area contributed by atoms with Crippen molar-refractivity contribution in [3.05, 3.63) is 62.8 Å². The van der Waals surface area contributed by atoms with Crippen LogP contribution in [0.4, 0.5) is 5.69 Å². The highest BCUT2D eigenvalue weighted by Crippen LogP contribution is 2.34. The van der Waals surface area contributed by atoms with Gasteiger partial charge in [0.15, 0.2) is 23.5 Å². The number of hydrogen-bond acceptors (Lipinski definition) is 18. The lowest BCUT2D eigenvalue weighted by Crippen LogP contribution is -2.50. The maximum absolute atomic E-state index is 14.4. The standard InChI is InChI=1S/C61H91N5O13S3/c1-15-39(4)47(34-54(72)61(10,11)65(12)13)58(75)66(14)50(38(2)3)35-53(78-41(6)67)57-64-49(36-82-57)56(74)62-44(31-40(5)59(76)79-60(7,8)9)32-42-18-23-52(71)48(33-42)63-55(73)24-28-77-27-16-17-51(70)43-19-21-45(68)25-29-80-37-81-30-26-46(69)22-20-43/h18,23,25-26,29-30,33,36,38-40,43-44,47,50,53,71H,15-17,19-22,24,27-28,31-32,34-35,37H2,1-14H3,(H,62,74)(H,63,73)/b29-25+,30-26+/t39-,40?,44+,47-,50+,53+/m0/s1. The fourth-order valence-electron chi connectivity index (χ4n) is 9.11. The smallest absolute Gasteiger partial charge is 0.309 e. The van der Waals surface area contributed by atoms with Gasteiger partial charge in [-0.15, -0.1) is 34.9 Å². The molecule has 0 bridgehead atoms. The summed E-state index contributed by atoms with van der Waals surface area (Å²) in [6, 6.07) is 3.50. The largest absolute Gasteiger partial charge is 0.506 e. The zero-order valence-electron chi connectivity index (χ0n) is 50.8. The van der Waals surface area contributed by atoms with E-state index in [0.717, 1.165) is 11.3 Å². The van der Waals surface area contributed by atoms with E-state index in [1.165, 1.54) is 48.7 Å². The molecule has 1 aliphatic heterocycles. The van der Waals surface area contributed by atoms with Crippen molar-refractivity contribution in [1.82, 2.24) is 20.1 Å². The zero-order valence-corrected chi connectivity index (χ0v) is 53.2. The molecule has 1 aromatic carbocycles. The van der Waals surface area contributed by atoms with Gasteiger partial charge < -0.3 is 34.9 Å². The summed E-state index contributed by atoms with van der Waals surface area (Å²) in [6.45, 7) is 20.1. The second-order valence-corrected chi connectivity index (χ2v) is 26.4. The number of hydrogen-bond donors (Lipinski definition) is 3. The lowest BCUT2D eigenvalue weighted by atomic mass is 9.81. The van der Waals surface area contributed by atoms with Crippen molar-refractivity contribution in [2.24, 2.45) is 29.6 Å². The molecular weight excluding hydrogens is 1110 g/mol. The van der Waals surface area contributed by atoms with E-state index in [1.54, 1.807) is 68.0 Å². The Hall–Kier alpha value is -5.22. The second-order valence-electron chi connectivity index (χ2n) is 23.4. The van der Waals surface area contributed by atoms with E-state index in [2.05, 4.69) is 15.6 Å². The fraction of sp³-hybridized carbons (Fsp3) is 0.639. The van der Waals surface area contributed by atoms with Gasteiger partial charge in [0.2, 0.25) is 11.8 Å². The Bertz CT molecular complexity index is 2520. The van der Waals surface area contributed by atoms with Crippen LogP contribution in [0.15, 0.2) is 46.5 Å². The number of benzene rings is 1. The van der Waals surface area contributed by atoms with Crippen LogP contribution in [0.5, 0.6) is 5.75 Å². The molecule has 456 valence electrons. The number of esters is 2. The van der Waals surface area contributed by atoms with Crippen LogP contribution in [0.1, 0.15) is 174 Å². The molecule has 82 heavy (non-hydrogen) atoms. The number of nitrogens with zero attached hydrogens (tertiary/aromatic N) is 3. The molecule has 0 spiro atoms. The number of carbonyl (C=O) groups excluding carboxylic acids is 9. The van der Waals surface area contributed by atoms with Gasteiger partial charge in [-0.25, -0.2) is 4.98 Å². The Balaban J connectivity index is 1.75. The van der Waals surface area contributed by atoms with Crippen LogP contribution in [0.3, 0.4) is 0 Å². The van der Waals surface area contributed by atoms with Crippen LogP contribution in [0.2, 0.25) is 0 Å². The van der Waals surface area contributed by atoms with Crippen molar-refractivity contribution < 1.29 is 62.5 Å². The SMILES string of the molecule is CC[C@H](C)[C@H](CC(=O)C(C)(C)N(C)C)C(=O)N(C)[C@H](C[C@@H](OC(C)=O)c1nc(C(=O)N[C@@H](Cc2ccc(O)c(NC(=O)CCOCCCC(=O)C3CCC(=O)/C=C/SCS/C=C/C(=O)CC3)c2)CC(C)C(=O)OC(C)(C)C)cs1)C(C)C. The second kappa shape index (κ2) is 34.5. The Morgan fingerprint density at radius 1 is 0.878 bits per heavy atom. The molecule has 1 aliphatic rings. The minimum atomic E-state index is -0.932. The predicted octanol–water partition coefficient (Wildman–Crippen LogP) is 10.5. The average Bonchev–Trinajstić information content (AvgIpc) is 4.01. The zero-order chi connectivity index (χ0) is 61.5. The molecule has 0 saturated carbocycles. The number of aromatic nitrogens is 1. The van der Waals surface area contributed by atoms with Crippen LogP contribution in [0, 0.1) is 29.6 Å². The third kappa shape index (κ3) is 24.5. The summed E-state index contributed by atoms with van der Waals surface area (Å²) in [5.74, 6) is -4.57. The number of ether oxygens (including phenoxy) is 3. The quantitative estimate of drug-likeness (QED) is 0.0389. The number of thioether (sulfide) groups is 2. The molecule has 2 aromatic rings. The normalized spacial score (nSPS) is 17.1.